The van der Waals surface area contributed by atoms with Crippen LogP contribution in [0.1, 0.15) is 36.6 Å². The number of hydrogen-bond acceptors (Lipinski definition) is 6. The number of amides is 1. The molecule has 5 rings (SSSR count). The van der Waals surface area contributed by atoms with E-state index < -0.39 is 0 Å². The molecule has 7 nitrogen and oxygen atoms in total. The number of nitrogens with one attached hydrogen (secondary N) is 1. The van der Waals surface area contributed by atoms with Crippen LogP contribution in [-0.4, -0.2) is 25.8 Å². The number of aromatic nitrogens is 4. The zero-order valence-electron chi connectivity index (χ0n) is 15.0. The number of nitrogens with zero attached hydrogens (tertiary/aromatic N) is 4. The van der Waals surface area contributed by atoms with Crippen molar-refractivity contribution in [1.29, 1.82) is 0 Å². The molecule has 2 fully saturated rings. The summed E-state index contributed by atoms with van der Waals surface area (Å²) in [5, 5.41) is 15.4. The fourth-order valence-electron chi connectivity index (χ4n) is 4.77. The summed E-state index contributed by atoms with van der Waals surface area (Å²) in [5.74, 6) is 2.12. The molecule has 0 saturated heterocycles. The molecule has 2 saturated carbocycles. The Hall–Kier alpha value is -2.48. The monoisotopic (exact) mass is 383 g/mol. The number of rotatable bonds is 5. The Labute approximate surface area is 160 Å². The van der Waals surface area contributed by atoms with Gasteiger partial charge in [-0.1, -0.05) is 5.16 Å². The van der Waals surface area contributed by atoms with E-state index in [2.05, 4.69) is 20.6 Å². The molecular weight excluding hydrogens is 362 g/mol. The molecule has 140 valence electrons. The fourth-order valence-corrected chi connectivity index (χ4v) is 5.41. The minimum absolute atomic E-state index is 0.0255. The van der Waals surface area contributed by atoms with Crippen LogP contribution >= 0.6 is 11.3 Å². The highest BCUT2D eigenvalue weighted by Crippen LogP contribution is 2.56. The largest absolute Gasteiger partial charge is 0.352 e. The minimum atomic E-state index is -0.0869. The Morgan fingerprint density at radius 1 is 1.41 bits per heavy atom. The SMILES string of the molecule is Cn1cc(CNC(=O)[C@H]2[C@H]3CC[C@H](C3)[C@@H]2c2nc(-c3ccsc3)no2)cn1. The molecule has 2 aliphatic rings. The van der Waals surface area contributed by atoms with Crippen LogP contribution in [0.15, 0.2) is 33.7 Å². The lowest BCUT2D eigenvalue weighted by molar-refractivity contribution is -0.127. The maximum absolute atomic E-state index is 13.0. The Bertz CT molecular complexity index is 947. The van der Waals surface area contributed by atoms with Crippen molar-refractivity contribution in [2.45, 2.75) is 31.7 Å². The summed E-state index contributed by atoms with van der Waals surface area (Å²) < 4.78 is 7.36. The van der Waals surface area contributed by atoms with E-state index in [-0.39, 0.29) is 17.7 Å². The van der Waals surface area contributed by atoms with Gasteiger partial charge in [-0.2, -0.15) is 21.4 Å². The molecule has 0 radical (unpaired) electrons. The summed E-state index contributed by atoms with van der Waals surface area (Å²) >= 11 is 1.61. The van der Waals surface area contributed by atoms with Gasteiger partial charge in [0.05, 0.1) is 18.0 Å². The number of thiophene rings is 1. The van der Waals surface area contributed by atoms with Crippen LogP contribution in [0.5, 0.6) is 0 Å². The topological polar surface area (TPSA) is 85.8 Å². The van der Waals surface area contributed by atoms with Gasteiger partial charge < -0.3 is 9.84 Å². The molecule has 0 unspecified atom stereocenters. The third-order valence-corrected chi connectivity index (χ3v) is 6.63. The number of carbonyl (C=O) groups excluding carboxylic acids is 1. The van der Waals surface area contributed by atoms with Gasteiger partial charge in [0, 0.05) is 36.3 Å². The van der Waals surface area contributed by atoms with Crippen molar-refractivity contribution in [3.8, 4) is 11.4 Å². The lowest BCUT2D eigenvalue weighted by atomic mass is 9.78. The summed E-state index contributed by atoms with van der Waals surface area (Å²) in [6.45, 7) is 0.497. The first-order valence-electron chi connectivity index (χ1n) is 9.30. The molecule has 2 bridgehead atoms. The highest BCUT2D eigenvalue weighted by atomic mass is 32.1. The van der Waals surface area contributed by atoms with Gasteiger partial charge in [0.1, 0.15) is 0 Å². The highest BCUT2D eigenvalue weighted by molar-refractivity contribution is 7.08. The molecule has 3 aromatic heterocycles. The summed E-state index contributed by atoms with van der Waals surface area (Å²) in [6, 6.07) is 1.98. The van der Waals surface area contributed by atoms with E-state index in [9.17, 15) is 4.79 Å². The van der Waals surface area contributed by atoms with Gasteiger partial charge in [0.25, 0.3) is 0 Å². The predicted molar refractivity (Wildman–Crippen MR) is 99.7 cm³/mol. The molecule has 1 amide bonds. The normalized spacial score (nSPS) is 26.6. The molecule has 3 aromatic rings. The summed E-state index contributed by atoms with van der Waals surface area (Å²) in [5.41, 5.74) is 1.97. The van der Waals surface area contributed by atoms with E-state index >= 15 is 0 Å². The molecule has 0 spiro atoms. The summed E-state index contributed by atoms with van der Waals surface area (Å²) in [4.78, 5) is 17.7. The van der Waals surface area contributed by atoms with E-state index in [1.807, 2.05) is 30.1 Å². The maximum Gasteiger partial charge on any atom is 0.231 e. The fraction of sp³-hybridized carbons (Fsp3) is 0.474. The zero-order chi connectivity index (χ0) is 18.4. The van der Waals surface area contributed by atoms with Crippen LogP contribution in [0.25, 0.3) is 11.4 Å². The minimum Gasteiger partial charge on any atom is -0.352 e. The molecule has 27 heavy (non-hydrogen) atoms. The quantitative estimate of drug-likeness (QED) is 0.732. The van der Waals surface area contributed by atoms with Gasteiger partial charge in [-0.25, -0.2) is 0 Å². The maximum atomic E-state index is 13.0. The molecule has 4 atom stereocenters. The average Bonchev–Trinajstić information content (AvgIpc) is 3.47. The number of hydrogen-bond donors (Lipinski definition) is 1. The molecular formula is C19H21N5O2S. The van der Waals surface area contributed by atoms with Crippen LogP contribution in [-0.2, 0) is 18.4 Å². The van der Waals surface area contributed by atoms with E-state index in [0.717, 1.165) is 30.4 Å². The van der Waals surface area contributed by atoms with Crippen molar-refractivity contribution in [3.63, 3.8) is 0 Å². The van der Waals surface area contributed by atoms with E-state index in [4.69, 9.17) is 4.52 Å². The second kappa shape index (κ2) is 6.60. The van der Waals surface area contributed by atoms with Crippen LogP contribution in [0.4, 0.5) is 0 Å². The van der Waals surface area contributed by atoms with Crippen molar-refractivity contribution in [3.05, 3.63) is 40.7 Å². The van der Waals surface area contributed by atoms with Crippen LogP contribution < -0.4 is 5.32 Å². The van der Waals surface area contributed by atoms with Crippen LogP contribution in [0.3, 0.4) is 0 Å². The third-order valence-electron chi connectivity index (χ3n) is 5.95. The standard InChI is InChI=1S/C19H21N5O2S/c1-24-9-11(8-21-24)7-20-18(25)15-12-2-3-13(6-12)16(15)19-22-17(23-26-19)14-4-5-27-10-14/h4-5,8-10,12-13,15-16H,2-3,6-7H2,1H3,(H,20,25)/t12-,13+,15-,16-/m0/s1. The van der Waals surface area contributed by atoms with Gasteiger partial charge >= 0.3 is 0 Å². The first-order valence-corrected chi connectivity index (χ1v) is 10.2. The van der Waals surface area contributed by atoms with Crippen molar-refractivity contribution in [1.82, 2.24) is 25.2 Å². The number of carbonyl (C=O) groups is 1. The molecule has 2 aliphatic carbocycles. The molecule has 1 N–H and O–H groups in total. The predicted octanol–water partition coefficient (Wildman–Crippen LogP) is 2.98. The second-order valence-electron chi connectivity index (χ2n) is 7.59. The lowest BCUT2D eigenvalue weighted by Crippen LogP contribution is -2.37. The Kier molecular flexibility index (Phi) is 4.07. The van der Waals surface area contributed by atoms with Crippen molar-refractivity contribution < 1.29 is 9.32 Å². The van der Waals surface area contributed by atoms with Crippen molar-refractivity contribution in [2.75, 3.05) is 0 Å². The van der Waals surface area contributed by atoms with Gasteiger partial charge in [-0.05, 0) is 42.5 Å². The first-order chi connectivity index (χ1) is 13.2. The molecule has 0 aromatic carbocycles. The Balaban J connectivity index is 1.35. The van der Waals surface area contributed by atoms with Crippen LogP contribution in [0, 0.1) is 17.8 Å². The van der Waals surface area contributed by atoms with Gasteiger partial charge in [-0.3, -0.25) is 9.48 Å². The smallest absolute Gasteiger partial charge is 0.231 e. The van der Waals surface area contributed by atoms with E-state index in [0.29, 0.717) is 30.1 Å². The number of aryl methyl sites for hydroxylation is 1. The Morgan fingerprint density at radius 3 is 3.07 bits per heavy atom. The van der Waals surface area contributed by atoms with E-state index in [1.54, 1.807) is 22.2 Å². The molecule has 3 heterocycles. The third kappa shape index (κ3) is 2.97. The molecule has 8 heteroatoms. The van der Waals surface area contributed by atoms with Crippen molar-refractivity contribution in [2.24, 2.45) is 24.8 Å². The lowest BCUT2D eigenvalue weighted by Gasteiger charge is -2.27. The van der Waals surface area contributed by atoms with Gasteiger partial charge in [-0.15, -0.1) is 0 Å². The van der Waals surface area contributed by atoms with Gasteiger partial charge in [0.15, 0.2) is 0 Å². The zero-order valence-corrected chi connectivity index (χ0v) is 15.9. The highest BCUT2D eigenvalue weighted by Gasteiger charge is 2.53. The first kappa shape index (κ1) is 16.7. The molecule has 0 aliphatic heterocycles. The van der Waals surface area contributed by atoms with Crippen LogP contribution in [0.2, 0.25) is 0 Å². The summed E-state index contributed by atoms with van der Waals surface area (Å²) in [7, 11) is 1.87. The van der Waals surface area contributed by atoms with Crippen molar-refractivity contribution >= 4 is 17.2 Å². The Morgan fingerprint density at radius 2 is 2.30 bits per heavy atom. The number of fused-ring (bicyclic) bond motifs is 2. The van der Waals surface area contributed by atoms with E-state index in [1.165, 1.54) is 0 Å². The van der Waals surface area contributed by atoms with Gasteiger partial charge in [0.2, 0.25) is 17.6 Å². The second-order valence-corrected chi connectivity index (χ2v) is 8.37. The average molecular weight is 383 g/mol. The summed E-state index contributed by atoms with van der Waals surface area (Å²) in [6.07, 6.45) is 7.02.